The molecule has 1 rings (SSSR count). The molecule has 0 unspecified atom stereocenters. The van der Waals surface area contributed by atoms with Crippen molar-refractivity contribution in [2.24, 2.45) is 0 Å². The quantitative estimate of drug-likeness (QED) is 0.578. The van der Waals surface area contributed by atoms with Gasteiger partial charge in [-0.2, -0.15) is 0 Å². The third-order valence-electron chi connectivity index (χ3n) is 1.32. The Labute approximate surface area is 89.3 Å². The zero-order valence-corrected chi connectivity index (χ0v) is 8.30. The SMILES string of the molecule is FC(F)(F)Oc1ccc(C(=S)[S-])cc1. The van der Waals surface area contributed by atoms with Crippen LogP contribution in [0.1, 0.15) is 5.56 Å². The Hall–Kier alpha value is -0.880. The van der Waals surface area contributed by atoms with E-state index in [1.807, 2.05) is 0 Å². The molecule has 0 atom stereocenters. The fourth-order valence-electron chi connectivity index (χ4n) is 0.793. The van der Waals surface area contributed by atoms with E-state index in [0.717, 1.165) is 0 Å². The number of hydrogen-bond donors (Lipinski definition) is 0. The first-order valence-electron chi connectivity index (χ1n) is 3.45. The van der Waals surface area contributed by atoms with Crippen LogP contribution in [0.5, 0.6) is 5.75 Å². The Morgan fingerprint density at radius 3 is 2.07 bits per heavy atom. The van der Waals surface area contributed by atoms with Crippen molar-refractivity contribution in [3.8, 4) is 5.75 Å². The summed E-state index contributed by atoms with van der Waals surface area (Å²) in [5.41, 5.74) is 0.532. The molecule has 0 aromatic heterocycles. The first-order chi connectivity index (χ1) is 6.38. The van der Waals surface area contributed by atoms with Crippen LogP contribution >= 0.6 is 12.2 Å². The normalized spacial score (nSPS) is 11.1. The summed E-state index contributed by atoms with van der Waals surface area (Å²) in [6, 6.07) is 5.11. The van der Waals surface area contributed by atoms with Gasteiger partial charge in [0.25, 0.3) is 0 Å². The summed E-state index contributed by atoms with van der Waals surface area (Å²) < 4.78 is 39.1. The first-order valence-corrected chi connectivity index (χ1v) is 4.27. The molecule has 0 aliphatic carbocycles. The third-order valence-corrected chi connectivity index (χ3v) is 1.80. The van der Waals surface area contributed by atoms with Crippen molar-refractivity contribution in [3.63, 3.8) is 0 Å². The van der Waals surface area contributed by atoms with E-state index in [4.69, 9.17) is 0 Å². The Morgan fingerprint density at radius 1 is 1.21 bits per heavy atom. The van der Waals surface area contributed by atoms with Crippen LogP contribution in [-0.2, 0) is 12.6 Å². The molecule has 6 heteroatoms. The molecule has 14 heavy (non-hydrogen) atoms. The van der Waals surface area contributed by atoms with Crippen LogP contribution < -0.4 is 4.74 Å². The highest BCUT2D eigenvalue weighted by molar-refractivity contribution is 8.01. The van der Waals surface area contributed by atoms with Crippen molar-refractivity contribution < 1.29 is 17.9 Å². The summed E-state index contributed by atoms with van der Waals surface area (Å²) >= 11 is 9.33. The fraction of sp³-hybridized carbons (Fsp3) is 0.125. The van der Waals surface area contributed by atoms with Crippen LogP contribution in [0.4, 0.5) is 13.2 Å². The Bertz CT molecular complexity index is 331. The number of hydrogen-bond acceptors (Lipinski definition) is 3. The van der Waals surface area contributed by atoms with Crippen molar-refractivity contribution in [1.29, 1.82) is 0 Å². The minimum absolute atomic E-state index is 0.212. The molecule has 0 spiro atoms. The van der Waals surface area contributed by atoms with Gasteiger partial charge in [0.2, 0.25) is 0 Å². The third kappa shape index (κ3) is 3.47. The van der Waals surface area contributed by atoms with Gasteiger partial charge in [-0.1, -0.05) is 12.1 Å². The molecule has 0 radical (unpaired) electrons. The van der Waals surface area contributed by atoms with E-state index in [1.165, 1.54) is 24.3 Å². The van der Waals surface area contributed by atoms with Gasteiger partial charge in [-0.15, -0.1) is 17.4 Å². The van der Waals surface area contributed by atoms with Gasteiger partial charge in [-0.3, -0.25) is 0 Å². The standard InChI is InChI=1S/C8H5F3OS2/c9-8(10,11)12-6-3-1-5(2-4-6)7(13)14/h1-4H,(H,13,14)/p-1. The minimum atomic E-state index is -4.67. The van der Waals surface area contributed by atoms with Gasteiger partial charge < -0.3 is 29.6 Å². The second kappa shape index (κ2) is 4.10. The molecule has 0 amide bonds. The maximum absolute atomic E-state index is 11.7. The second-order valence-electron chi connectivity index (χ2n) is 2.36. The summed E-state index contributed by atoms with van der Waals surface area (Å²) in [6.07, 6.45) is -4.67. The molecule has 1 nitrogen and oxygen atoms in total. The number of benzene rings is 1. The van der Waals surface area contributed by atoms with E-state index in [9.17, 15) is 13.2 Å². The molecule has 0 bridgehead atoms. The zero-order valence-electron chi connectivity index (χ0n) is 6.67. The molecule has 0 saturated carbocycles. The smallest absolute Gasteiger partial charge is 0.428 e. The lowest BCUT2D eigenvalue weighted by molar-refractivity contribution is -0.274. The van der Waals surface area contributed by atoms with Gasteiger partial charge in [0, 0.05) is 0 Å². The van der Waals surface area contributed by atoms with Crippen LogP contribution in [0.25, 0.3) is 0 Å². The molecule has 0 saturated heterocycles. The molecule has 1 aromatic rings. The van der Waals surface area contributed by atoms with E-state index in [1.54, 1.807) is 0 Å². The highest BCUT2D eigenvalue weighted by Gasteiger charge is 2.30. The number of thiocarbonyl (C=S) groups is 1. The van der Waals surface area contributed by atoms with Crippen LogP contribution in [0, 0.1) is 0 Å². The predicted octanol–water partition coefficient (Wildman–Crippen LogP) is 2.81. The highest BCUT2D eigenvalue weighted by atomic mass is 32.1. The number of alkyl halides is 3. The average molecular weight is 237 g/mol. The van der Waals surface area contributed by atoms with Crippen LogP contribution in [0.2, 0.25) is 0 Å². The van der Waals surface area contributed by atoms with Crippen LogP contribution in [-0.4, -0.2) is 10.6 Å². The zero-order chi connectivity index (χ0) is 10.8. The lowest BCUT2D eigenvalue weighted by atomic mass is 10.2. The van der Waals surface area contributed by atoms with Gasteiger partial charge in [0.15, 0.2) is 0 Å². The number of halogens is 3. The molecular weight excluding hydrogens is 233 g/mol. The topological polar surface area (TPSA) is 9.23 Å². The summed E-state index contributed by atoms with van der Waals surface area (Å²) in [6.45, 7) is 0. The summed E-state index contributed by atoms with van der Waals surface area (Å²) in [7, 11) is 0. The Morgan fingerprint density at radius 2 is 1.71 bits per heavy atom. The van der Waals surface area contributed by atoms with Gasteiger partial charge in [-0.05, 0) is 17.7 Å². The van der Waals surface area contributed by atoms with E-state index in [2.05, 4.69) is 29.6 Å². The lowest BCUT2D eigenvalue weighted by Gasteiger charge is -2.10. The molecular formula is C8H4F3OS2-. The van der Waals surface area contributed by atoms with Crippen molar-refractivity contribution in [2.45, 2.75) is 6.36 Å². The highest BCUT2D eigenvalue weighted by Crippen LogP contribution is 2.22. The molecule has 0 aliphatic rings. The van der Waals surface area contributed by atoms with E-state index < -0.39 is 6.36 Å². The summed E-state index contributed by atoms with van der Waals surface area (Å²) in [4.78, 5) is 0. The maximum Gasteiger partial charge on any atom is 0.573 e. The molecule has 0 aliphatic heterocycles. The number of rotatable bonds is 2. The van der Waals surface area contributed by atoms with Crippen LogP contribution in [0.3, 0.4) is 0 Å². The average Bonchev–Trinajstić information content (AvgIpc) is 2.02. The van der Waals surface area contributed by atoms with Crippen molar-refractivity contribution >= 4 is 29.0 Å². The molecule has 1 aromatic carbocycles. The lowest BCUT2D eigenvalue weighted by Crippen LogP contribution is -2.17. The van der Waals surface area contributed by atoms with Gasteiger partial charge in [0.1, 0.15) is 5.75 Å². The first kappa shape index (κ1) is 11.2. The molecule has 0 heterocycles. The van der Waals surface area contributed by atoms with E-state index >= 15 is 0 Å². The Kier molecular flexibility index (Phi) is 3.28. The maximum atomic E-state index is 11.7. The second-order valence-corrected chi connectivity index (χ2v) is 3.43. The van der Waals surface area contributed by atoms with Gasteiger partial charge >= 0.3 is 6.36 Å². The predicted molar refractivity (Wildman–Crippen MR) is 52.2 cm³/mol. The van der Waals surface area contributed by atoms with Gasteiger partial charge in [0.05, 0.1) is 0 Å². The van der Waals surface area contributed by atoms with Crippen molar-refractivity contribution in [3.05, 3.63) is 29.8 Å². The molecule has 76 valence electrons. The van der Waals surface area contributed by atoms with Crippen LogP contribution in [0.15, 0.2) is 24.3 Å². The summed E-state index contributed by atoms with van der Waals surface area (Å²) in [5, 5.41) is 0. The fourth-order valence-corrected chi connectivity index (χ4v) is 1.06. The monoisotopic (exact) mass is 237 g/mol. The van der Waals surface area contributed by atoms with E-state index in [-0.39, 0.29) is 9.95 Å². The largest absolute Gasteiger partial charge is 0.573 e. The van der Waals surface area contributed by atoms with Crippen molar-refractivity contribution in [1.82, 2.24) is 0 Å². The van der Waals surface area contributed by atoms with Gasteiger partial charge in [-0.25, -0.2) is 0 Å². The van der Waals surface area contributed by atoms with Crippen molar-refractivity contribution in [2.75, 3.05) is 0 Å². The summed E-state index contributed by atoms with van der Waals surface area (Å²) in [5.74, 6) is -0.285. The minimum Gasteiger partial charge on any atom is -0.428 e. The van der Waals surface area contributed by atoms with E-state index in [0.29, 0.717) is 5.56 Å². The molecule has 0 N–H and O–H groups in total. The number of ether oxygens (including phenoxy) is 1. The Balaban J connectivity index is 2.79. The molecule has 0 fully saturated rings.